The number of alkyl halides is 3. The van der Waals surface area contributed by atoms with Crippen molar-refractivity contribution >= 4 is 28.9 Å². The zero-order valence-corrected chi connectivity index (χ0v) is 17.2. The van der Waals surface area contributed by atoms with E-state index in [-0.39, 0.29) is 18.6 Å². The molecule has 29 heavy (non-hydrogen) atoms. The van der Waals surface area contributed by atoms with E-state index < -0.39 is 11.9 Å². The molecule has 0 radical (unpaired) electrons. The third-order valence-corrected chi connectivity index (χ3v) is 5.14. The van der Waals surface area contributed by atoms with Gasteiger partial charge in [0, 0.05) is 23.7 Å². The first kappa shape index (κ1) is 21.8. The molecule has 5 nitrogen and oxygen atoms in total. The Kier molecular flexibility index (Phi) is 6.95. The van der Waals surface area contributed by atoms with Gasteiger partial charge in [-0.2, -0.15) is 18.3 Å². The maximum Gasteiger partial charge on any atom is 0.435 e. The zero-order valence-electron chi connectivity index (χ0n) is 15.7. The normalized spacial score (nSPS) is 16.1. The van der Waals surface area contributed by atoms with Gasteiger partial charge < -0.3 is 9.57 Å². The Morgan fingerprint density at radius 1 is 1.21 bits per heavy atom. The highest BCUT2D eigenvalue weighted by Crippen LogP contribution is 2.30. The van der Waals surface area contributed by atoms with Gasteiger partial charge in [-0.1, -0.05) is 34.8 Å². The van der Waals surface area contributed by atoms with E-state index in [1.165, 1.54) is 13.5 Å². The first-order valence-corrected chi connectivity index (χ1v) is 9.92. The van der Waals surface area contributed by atoms with Gasteiger partial charge in [0.2, 0.25) is 5.88 Å². The van der Waals surface area contributed by atoms with E-state index in [2.05, 4.69) is 10.3 Å². The Hall–Kier alpha value is -1.93. The summed E-state index contributed by atoms with van der Waals surface area (Å²) in [6.07, 6.45) is 0.570. The van der Waals surface area contributed by atoms with Crippen molar-refractivity contribution in [2.45, 2.75) is 44.4 Å². The molecule has 1 aromatic heterocycles. The molecule has 158 valence electrons. The zero-order chi connectivity index (χ0) is 21.0. The lowest BCUT2D eigenvalue weighted by Crippen LogP contribution is -2.19. The van der Waals surface area contributed by atoms with Crippen LogP contribution >= 0.6 is 23.2 Å². The molecule has 1 saturated carbocycles. The van der Waals surface area contributed by atoms with Crippen molar-refractivity contribution in [3.05, 3.63) is 45.6 Å². The van der Waals surface area contributed by atoms with Gasteiger partial charge in [0.1, 0.15) is 18.4 Å². The maximum atomic E-state index is 12.9. The Bertz CT molecular complexity index is 878. The lowest BCUT2D eigenvalue weighted by molar-refractivity contribution is -0.141. The van der Waals surface area contributed by atoms with E-state index in [9.17, 15) is 13.2 Å². The lowest BCUT2D eigenvalue weighted by atomic mass is 9.98. The number of aromatic nitrogens is 2. The Labute approximate surface area is 176 Å². The fourth-order valence-corrected chi connectivity index (χ4v) is 3.57. The standard InChI is InChI=1S/C19H20Cl2F3N3O2/c1-27-18(10-17(25-27)19(22,23)24)28-11-16(14-8-7-12(20)9-15(14)21)26-29-13-5-3-2-4-6-13/h7-10,13H,2-6,11H2,1H3/b26-16+. The minimum Gasteiger partial charge on any atom is -0.471 e. The first-order chi connectivity index (χ1) is 13.7. The number of benzene rings is 1. The summed E-state index contributed by atoms with van der Waals surface area (Å²) in [4.78, 5) is 5.68. The van der Waals surface area contributed by atoms with Crippen LogP contribution in [-0.2, 0) is 18.1 Å². The van der Waals surface area contributed by atoms with Crippen LogP contribution in [0.4, 0.5) is 13.2 Å². The van der Waals surface area contributed by atoms with E-state index >= 15 is 0 Å². The second-order valence-corrected chi connectivity index (χ2v) is 7.65. The molecule has 1 heterocycles. The second-order valence-electron chi connectivity index (χ2n) is 6.81. The maximum absolute atomic E-state index is 12.9. The number of hydrogen-bond donors (Lipinski definition) is 0. The number of ether oxygens (including phenoxy) is 1. The predicted molar refractivity (Wildman–Crippen MR) is 105 cm³/mol. The highest BCUT2D eigenvalue weighted by Gasteiger charge is 2.35. The second kappa shape index (κ2) is 9.26. The fourth-order valence-electron chi connectivity index (χ4n) is 3.05. The minimum absolute atomic E-state index is 0.00152. The average molecular weight is 450 g/mol. The average Bonchev–Trinajstić information content (AvgIpc) is 3.05. The molecule has 3 rings (SSSR count). The molecule has 0 N–H and O–H groups in total. The summed E-state index contributed by atoms with van der Waals surface area (Å²) in [6, 6.07) is 5.70. The Morgan fingerprint density at radius 2 is 1.93 bits per heavy atom. The molecule has 0 atom stereocenters. The van der Waals surface area contributed by atoms with Crippen LogP contribution in [0.3, 0.4) is 0 Å². The highest BCUT2D eigenvalue weighted by atomic mass is 35.5. The summed E-state index contributed by atoms with van der Waals surface area (Å²) in [6.45, 7) is -0.148. The van der Waals surface area contributed by atoms with Crippen LogP contribution in [0.2, 0.25) is 10.0 Å². The van der Waals surface area contributed by atoms with Crippen LogP contribution in [0.25, 0.3) is 0 Å². The highest BCUT2D eigenvalue weighted by molar-refractivity contribution is 6.37. The van der Waals surface area contributed by atoms with Crippen LogP contribution in [0.1, 0.15) is 43.4 Å². The van der Waals surface area contributed by atoms with E-state index in [1.54, 1.807) is 18.2 Å². The summed E-state index contributed by atoms with van der Waals surface area (Å²) in [7, 11) is 1.37. The molecule has 1 fully saturated rings. The predicted octanol–water partition coefficient (Wildman–Crippen LogP) is 5.88. The molecule has 0 amide bonds. The van der Waals surface area contributed by atoms with Crippen LogP contribution in [0.5, 0.6) is 5.88 Å². The third kappa shape index (κ3) is 5.79. The number of oxime groups is 1. The van der Waals surface area contributed by atoms with Crippen LogP contribution < -0.4 is 4.74 Å². The van der Waals surface area contributed by atoms with E-state index in [0.717, 1.165) is 36.4 Å². The number of aryl methyl sites for hydroxylation is 1. The number of hydrogen-bond acceptors (Lipinski definition) is 4. The summed E-state index contributed by atoms with van der Waals surface area (Å²) in [5.74, 6) is -0.0484. The molecular formula is C19H20Cl2F3N3O2. The molecule has 0 spiro atoms. The van der Waals surface area contributed by atoms with Crippen LogP contribution in [0, 0.1) is 0 Å². The van der Waals surface area contributed by atoms with Crippen molar-refractivity contribution in [1.82, 2.24) is 9.78 Å². The molecule has 2 aromatic rings. The van der Waals surface area contributed by atoms with Gasteiger partial charge >= 0.3 is 6.18 Å². The molecule has 1 aliphatic rings. The summed E-state index contributed by atoms with van der Waals surface area (Å²) in [5.41, 5.74) is -0.145. The topological polar surface area (TPSA) is 48.6 Å². The van der Waals surface area contributed by atoms with Gasteiger partial charge in [-0.05, 0) is 43.9 Å². The van der Waals surface area contributed by atoms with Crippen molar-refractivity contribution in [3.63, 3.8) is 0 Å². The van der Waals surface area contributed by atoms with Gasteiger partial charge in [-0.15, -0.1) is 0 Å². The van der Waals surface area contributed by atoms with Gasteiger partial charge in [0.25, 0.3) is 0 Å². The Balaban J connectivity index is 1.80. The fraction of sp³-hybridized carbons (Fsp3) is 0.474. The molecule has 10 heteroatoms. The van der Waals surface area contributed by atoms with Crippen LogP contribution in [-0.4, -0.2) is 28.2 Å². The van der Waals surface area contributed by atoms with Gasteiger partial charge in [-0.3, -0.25) is 0 Å². The smallest absolute Gasteiger partial charge is 0.435 e. The van der Waals surface area contributed by atoms with Crippen molar-refractivity contribution in [2.75, 3.05) is 6.61 Å². The monoisotopic (exact) mass is 449 g/mol. The summed E-state index contributed by atoms with van der Waals surface area (Å²) in [5, 5.41) is 8.45. The van der Waals surface area contributed by atoms with Gasteiger partial charge in [0.15, 0.2) is 5.69 Å². The third-order valence-electron chi connectivity index (χ3n) is 4.59. The number of halogens is 5. The summed E-state index contributed by atoms with van der Waals surface area (Å²) < 4.78 is 45.1. The number of nitrogens with zero attached hydrogens (tertiary/aromatic N) is 3. The molecule has 0 aliphatic heterocycles. The SMILES string of the molecule is Cn1nc(C(F)(F)F)cc1OC/C(=N\OC1CCCCC1)c1ccc(Cl)cc1Cl. The minimum atomic E-state index is -4.56. The molecular weight excluding hydrogens is 430 g/mol. The van der Waals surface area contributed by atoms with E-state index in [0.29, 0.717) is 21.3 Å². The van der Waals surface area contributed by atoms with E-state index in [4.69, 9.17) is 32.8 Å². The molecule has 1 aliphatic carbocycles. The quantitative estimate of drug-likeness (QED) is 0.408. The van der Waals surface area contributed by atoms with Gasteiger partial charge in [0.05, 0.1) is 5.02 Å². The lowest BCUT2D eigenvalue weighted by Gasteiger charge is -2.20. The molecule has 0 unspecified atom stereocenters. The number of rotatable bonds is 6. The van der Waals surface area contributed by atoms with Crippen molar-refractivity contribution < 1.29 is 22.7 Å². The van der Waals surface area contributed by atoms with E-state index in [1.807, 2.05) is 0 Å². The van der Waals surface area contributed by atoms with Crippen molar-refractivity contribution in [2.24, 2.45) is 12.2 Å². The summed E-state index contributed by atoms with van der Waals surface area (Å²) >= 11 is 12.2. The molecule has 0 bridgehead atoms. The van der Waals surface area contributed by atoms with Crippen molar-refractivity contribution in [3.8, 4) is 5.88 Å². The van der Waals surface area contributed by atoms with Crippen LogP contribution in [0.15, 0.2) is 29.4 Å². The van der Waals surface area contributed by atoms with Crippen molar-refractivity contribution in [1.29, 1.82) is 0 Å². The molecule has 1 aromatic carbocycles. The molecule has 0 saturated heterocycles. The first-order valence-electron chi connectivity index (χ1n) is 9.16. The largest absolute Gasteiger partial charge is 0.471 e. The Morgan fingerprint density at radius 3 is 2.55 bits per heavy atom. The van der Waals surface area contributed by atoms with Gasteiger partial charge in [-0.25, -0.2) is 4.68 Å².